The fraction of sp³-hybridized carbons (Fsp3) is 0.571. The van der Waals surface area contributed by atoms with Gasteiger partial charge in [-0.15, -0.1) is 0 Å². The van der Waals surface area contributed by atoms with Gasteiger partial charge in [0.25, 0.3) is 0 Å². The molecule has 0 bridgehead atoms. The Morgan fingerprint density at radius 1 is 0.944 bits per heavy atom. The van der Waals surface area contributed by atoms with Crippen LogP contribution in [0.25, 0.3) is 0 Å². The first kappa shape index (κ1) is 13.4. The molecule has 0 saturated carbocycles. The summed E-state index contributed by atoms with van der Waals surface area (Å²) in [5.74, 6) is 0. The Kier molecular flexibility index (Phi) is 4.27. The van der Waals surface area contributed by atoms with Crippen molar-refractivity contribution in [1.29, 1.82) is 0 Å². The van der Waals surface area contributed by atoms with E-state index in [2.05, 4.69) is 4.90 Å². The van der Waals surface area contributed by atoms with E-state index in [0.717, 1.165) is 31.6 Å². The molecule has 0 unspecified atom stereocenters. The normalized spacial score (nSPS) is 17.9. The van der Waals surface area contributed by atoms with Gasteiger partial charge in [-0.2, -0.15) is 13.2 Å². The first-order valence-corrected chi connectivity index (χ1v) is 6.44. The molecule has 0 atom stereocenters. The zero-order chi connectivity index (χ0) is 13.0. The molecule has 1 aromatic rings. The van der Waals surface area contributed by atoms with Crippen molar-refractivity contribution in [3.05, 3.63) is 35.4 Å². The van der Waals surface area contributed by atoms with Crippen LogP contribution in [0.4, 0.5) is 13.2 Å². The zero-order valence-corrected chi connectivity index (χ0v) is 10.3. The van der Waals surface area contributed by atoms with E-state index < -0.39 is 11.7 Å². The van der Waals surface area contributed by atoms with Crippen molar-refractivity contribution in [2.75, 3.05) is 19.6 Å². The minimum atomic E-state index is -4.23. The van der Waals surface area contributed by atoms with Gasteiger partial charge in [0.2, 0.25) is 0 Å². The van der Waals surface area contributed by atoms with Crippen LogP contribution in [-0.4, -0.2) is 24.5 Å². The number of nitrogens with zero attached hydrogens (tertiary/aromatic N) is 1. The summed E-state index contributed by atoms with van der Waals surface area (Å²) in [6.45, 7) is 3.20. The second-order valence-electron chi connectivity index (χ2n) is 4.85. The molecule has 1 aliphatic rings. The van der Waals surface area contributed by atoms with Crippen molar-refractivity contribution in [3.63, 3.8) is 0 Å². The lowest BCUT2D eigenvalue weighted by molar-refractivity contribution is -0.137. The van der Waals surface area contributed by atoms with Gasteiger partial charge >= 0.3 is 6.18 Å². The Labute approximate surface area is 106 Å². The van der Waals surface area contributed by atoms with Gasteiger partial charge in [0.05, 0.1) is 5.56 Å². The lowest BCUT2D eigenvalue weighted by atomic mass is 10.1. The molecule has 1 saturated heterocycles. The molecule has 4 heteroatoms. The van der Waals surface area contributed by atoms with Crippen LogP contribution < -0.4 is 0 Å². The van der Waals surface area contributed by atoms with Crippen LogP contribution in [-0.2, 0) is 12.6 Å². The average Bonchev–Trinajstić information content (AvgIpc) is 2.37. The Bertz CT molecular complexity index is 364. The first-order chi connectivity index (χ1) is 8.55. The Morgan fingerprint density at radius 3 is 2.11 bits per heavy atom. The summed E-state index contributed by atoms with van der Waals surface area (Å²) in [5.41, 5.74) is 0.415. The number of rotatable bonds is 3. The van der Waals surface area contributed by atoms with Gasteiger partial charge in [-0.1, -0.05) is 18.6 Å². The van der Waals surface area contributed by atoms with Crippen LogP contribution in [0, 0.1) is 0 Å². The van der Waals surface area contributed by atoms with Crippen LogP contribution >= 0.6 is 0 Å². The molecule has 0 aromatic heterocycles. The highest BCUT2D eigenvalue weighted by molar-refractivity contribution is 5.24. The van der Waals surface area contributed by atoms with E-state index in [1.165, 1.54) is 31.4 Å². The fourth-order valence-electron chi connectivity index (χ4n) is 2.33. The maximum atomic E-state index is 12.4. The third-order valence-corrected chi connectivity index (χ3v) is 3.45. The number of hydrogen-bond donors (Lipinski definition) is 0. The highest BCUT2D eigenvalue weighted by atomic mass is 19.4. The van der Waals surface area contributed by atoms with E-state index in [1.54, 1.807) is 12.1 Å². The van der Waals surface area contributed by atoms with Gasteiger partial charge in [0, 0.05) is 6.54 Å². The van der Waals surface area contributed by atoms with E-state index in [1.807, 2.05) is 0 Å². The SMILES string of the molecule is FC(F)(F)c1ccc(CCN2CCCCC2)cc1. The van der Waals surface area contributed by atoms with Gasteiger partial charge in [-0.3, -0.25) is 0 Å². The summed E-state index contributed by atoms with van der Waals surface area (Å²) in [6, 6.07) is 5.52. The third-order valence-electron chi connectivity index (χ3n) is 3.45. The number of halogens is 3. The standard InChI is InChI=1S/C14H18F3N/c15-14(16,17)13-6-4-12(5-7-13)8-11-18-9-2-1-3-10-18/h4-7H,1-3,8-11H2. The summed E-state index contributed by atoms with van der Waals surface area (Å²) >= 11 is 0. The molecule has 1 aliphatic heterocycles. The highest BCUT2D eigenvalue weighted by Crippen LogP contribution is 2.29. The second-order valence-corrected chi connectivity index (χ2v) is 4.85. The molecule has 1 aromatic carbocycles. The van der Waals surface area contributed by atoms with Crippen LogP contribution in [0.1, 0.15) is 30.4 Å². The van der Waals surface area contributed by atoms with Gasteiger partial charge < -0.3 is 4.90 Å². The van der Waals surface area contributed by atoms with E-state index >= 15 is 0 Å². The third kappa shape index (κ3) is 3.73. The molecule has 0 radical (unpaired) electrons. The minimum absolute atomic E-state index is 0.566. The Morgan fingerprint density at radius 2 is 1.56 bits per heavy atom. The minimum Gasteiger partial charge on any atom is -0.303 e. The topological polar surface area (TPSA) is 3.24 Å². The molecule has 0 aliphatic carbocycles. The second kappa shape index (κ2) is 5.74. The van der Waals surface area contributed by atoms with Crippen LogP contribution in [0.15, 0.2) is 24.3 Å². The maximum Gasteiger partial charge on any atom is 0.416 e. The quantitative estimate of drug-likeness (QED) is 0.797. The predicted molar refractivity (Wildman–Crippen MR) is 65.4 cm³/mol. The van der Waals surface area contributed by atoms with Crippen molar-refractivity contribution in [2.45, 2.75) is 31.9 Å². The van der Waals surface area contributed by atoms with E-state index in [-0.39, 0.29) is 0 Å². The van der Waals surface area contributed by atoms with Crippen molar-refractivity contribution in [1.82, 2.24) is 4.90 Å². The smallest absolute Gasteiger partial charge is 0.303 e. The van der Waals surface area contributed by atoms with Crippen molar-refractivity contribution in [3.8, 4) is 0 Å². The van der Waals surface area contributed by atoms with Gasteiger partial charge in [-0.25, -0.2) is 0 Å². The Balaban J connectivity index is 1.86. The lowest BCUT2D eigenvalue weighted by Crippen LogP contribution is -2.31. The summed E-state index contributed by atoms with van der Waals surface area (Å²) in [4.78, 5) is 2.39. The van der Waals surface area contributed by atoms with E-state index in [0.29, 0.717) is 0 Å². The Hall–Kier alpha value is -1.03. The van der Waals surface area contributed by atoms with Crippen LogP contribution in [0.5, 0.6) is 0 Å². The average molecular weight is 257 g/mol. The molecule has 2 rings (SSSR count). The van der Waals surface area contributed by atoms with Gasteiger partial charge in [0.1, 0.15) is 0 Å². The number of benzene rings is 1. The van der Waals surface area contributed by atoms with Gasteiger partial charge in [0.15, 0.2) is 0 Å². The van der Waals surface area contributed by atoms with Crippen LogP contribution in [0.3, 0.4) is 0 Å². The summed E-state index contributed by atoms with van der Waals surface area (Å²) in [7, 11) is 0. The summed E-state index contributed by atoms with van der Waals surface area (Å²) in [6.07, 6.45) is 0.389. The molecule has 1 nitrogen and oxygen atoms in total. The highest BCUT2D eigenvalue weighted by Gasteiger charge is 2.29. The molecule has 1 heterocycles. The lowest BCUT2D eigenvalue weighted by Gasteiger charge is -2.26. The maximum absolute atomic E-state index is 12.4. The number of hydrogen-bond acceptors (Lipinski definition) is 1. The number of likely N-dealkylation sites (tertiary alicyclic amines) is 1. The molecule has 0 spiro atoms. The molecule has 100 valence electrons. The molecule has 18 heavy (non-hydrogen) atoms. The molecular weight excluding hydrogens is 239 g/mol. The summed E-state index contributed by atoms with van der Waals surface area (Å²) in [5, 5.41) is 0. The predicted octanol–water partition coefficient (Wildman–Crippen LogP) is 3.73. The monoisotopic (exact) mass is 257 g/mol. The molecule has 0 N–H and O–H groups in total. The number of alkyl halides is 3. The van der Waals surface area contributed by atoms with Crippen molar-refractivity contribution >= 4 is 0 Å². The molecule has 1 fully saturated rings. The first-order valence-electron chi connectivity index (χ1n) is 6.44. The van der Waals surface area contributed by atoms with E-state index in [9.17, 15) is 13.2 Å². The molecule has 0 amide bonds. The largest absolute Gasteiger partial charge is 0.416 e. The zero-order valence-electron chi connectivity index (χ0n) is 10.3. The van der Waals surface area contributed by atoms with Gasteiger partial charge in [-0.05, 0) is 50.0 Å². The van der Waals surface area contributed by atoms with Crippen LogP contribution in [0.2, 0.25) is 0 Å². The van der Waals surface area contributed by atoms with Crippen molar-refractivity contribution < 1.29 is 13.2 Å². The summed E-state index contributed by atoms with van der Waals surface area (Å²) < 4.78 is 37.2. The van der Waals surface area contributed by atoms with Crippen molar-refractivity contribution in [2.24, 2.45) is 0 Å². The fourth-order valence-corrected chi connectivity index (χ4v) is 2.33. The number of piperidine rings is 1. The molecular formula is C14H18F3N. The van der Waals surface area contributed by atoms with E-state index in [4.69, 9.17) is 0 Å².